The van der Waals surface area contributed by atoms with Gasteiger partial charge in [0.25, 0.3) is 0 Å². The number of nitrogens with zero attached hydrogens (tertiary/aromatic N) is 2. The molecule has 1 N–H and O–H groups in total. The lowest BCUT2D eigenvalue weighted by molar-refractivity contribution is -0.153. The fourth-order valence-corrected chi connectivity index (χ4v) is 3.04. The molecule has 1 aliphatic carbocycles. The van der Waals surface area contributed by atoms with Crippen molar-refractivity contribution in [2.24, 2.45) is 5.41 Å². The van der Waals surface area contributed by atoms with Crippen molar-refractivity contribution in [3.05, 3.63) is 16.1 Å². The molecule has 1 aromatic rings. The summed E-state index contributed by atoms with van der Waals surface area (Å²) in [6.07, 6.45) is 0.785. The lowest BCUT2D eigenvalue weighted by Crippen LogP contribution is -2.38. The van der Waals surface area contributed by atoms with Gasteiger partial charge in [-0.15, -0.1) is 11.3 Å². The zero-order valence-corrected chi connectivity index (χ0v) is 13.3. The third kappa shape index (κ3) is 3.24. The number of hydrogen-bond acceptors (Lipinski definition) is 5. The van der Waals surface area contributed by atoms with E-state index in [4.69, 9.17) is 9.84 Å². The molecule has 0 radical (unpaired) electrons. The SMILES string of the molecule is CCOC(C)c1nc(CN(C)C(=O)C2(C(=O)O)CC2)cs1. The molecule has 1 heterocycles. The van der Waals surface area contributed by atoms with Gasteiger partial charge in [0.15, 0.2) is 0 Å². The van der Waals surface area contributed by atoms with Gasteiger partial charge in [-0.3, -0.25) is 9.59 Å². The largest absolute Gasteiger partial charge is 0.480 e. The second-order valence-electron chi connectivity index (χ2n) is 5.32. The van der Waals surface area contributed by atoms with Gasteiger partial charge in [0.1, 0.15) is 16.5 Å². The Morgan fingerprint density at radius 1 is 1.57 bits per heavy atom. The predicted octanol–water partition coefficient (Wildman–Crippen LogP) is 2.06. The molecule has 6 nitrogen and oxygen atoms in total. The highest BCUT2D eigenvalue weighted by Crippen LogP contribution is 2.47. The summed E-state index contributed by atoms with van der Waals surface area (Å²) in [6, 6.07) is 0. The van der Waals surface area contributed by atoms with Gasteiger partial charge < -0.3 is 14.7 Å². The second kappa shape index (κ2) is 6.11. The summed E-state index contributed by atoms with van der Waals surface area (Å²) in [5, 5.41) is 11.9. The number of carbonyl (C=O) groups excluding carboxylic acids is 1. The van der Waals surface area contributed by atoms with E-state index >= 15 is 0 Å². The summed E-state index contributed by atoms with van der Waals surface area (Å²) in [5.41, 5.74) is -0.426. The smallest absolute Gasteiger partial charge is 0.319 e. The van der Waals surface area contributed by atoms with Crippen LogP contribution in [0, 0.1) is 5.41 Å². The molecule has 7 heteroatoms. The fraction of sp³-hybridized carbons (Fsp3) is 0.643. The normalized spacial score (nSPS) is 17.3. The molecule has 1 fully saturated rings. The quantitative estimate of drug-likeness (QED) is 0.780. The summed E-state index contributed by atoms with van der Waals surface area (Å²) in [6.45, 7) is 4.81. The molecular formula is C14H20N2O4S. The van der Waals surface area contributed by atoms with Crippen molar-refractivity contribution < 1.29 is 19.4 Å². The number of thiazole rings is 1. The third-order valence-corrected chi connectivity index (χ3v) is 4.70. The van der Waals surface area contributed by atoms with Crippen molar-refractivity contribution in [3.8, 4) is 0 Å². The van der Waals surface area contributed by atoms with Crippen LogP contribution in [0.4, 0.5) is 0 Å². The summed E-state index contributed by atoms with van der Waals surface area (Å²) < 4.78 is 5.48. The zero-order chi connectivity index (χ0) is 15.6. The second-order valence-corrected chi connectivity index (χ2v) is 6.21. The number of carbonyl (C=O) groups is 2. The molecule has 2 rings (SSSR count). The molecule has 1 amide bonds. The Bertz CT molecular complexity index is 539. The molecule has 1 saturated carbocycles. The van der Waals surface area contributed by atoms with E-state index in [-0.39, 0.29) is 12.0 Å². The van der Waals surface area contributed by atoms with E-state index in [2.05, 4.69) is 4.98 Å². The minimum absolute atomic E-state index is 0.0662. The highest BCUT2D eigenvalue weighted by molar-refractivity contribution is 7.09. The van der Waals surface area contributed by atoms with Gasteiger partial charge in [0.05, 0.1) is 12.2 Å². The van der Waals surface area contributed by atoms with Crippen LogP contribution < -0.4 is 0 Å². The van der Waals surface area contributed by atoms with E-state index in [0.29, 0.717) is 26.0 Å². The van der Waals surface area contributed by atoms with Crippen molar-refractivity contribution in [3.63, 3.8) is 0 Å². The number of carboxylic acids is 1. The molecule has 21 heavy (non-hydrogen) atoms. The van der Waals surface area contributed by atoms with Crippen molar-refractivity contribution >= 4 is 23.2 Å². The first-order chi connectivity index (χ1) is 9.90. The van der Waals surface area contributed by atoms with E-state index in [1.54, 1.807) is 7.05 Å². The monoisotopic (exact) mass is 312 g/mol. The van der Waals surface area contributed by atoms with Gasteiger partial charge in [-0.05, 0) is 26.7 Å². The van der Waals surface area contributed by atoms with Crippen LogP contribution in [0.15, 0.2) is 5.38 Å². The van der Waals surface area contributed by atoms with Crippen LogP contribution in [0.5, 0.6) is 0 Å². The predicted molar refractivity (Wildman–Crippen MR) is 77.9 cm³/mol. The van der Waals surface area contributed by atoms with Gasteiger partial charge in [-0.1, -0.05) is 0 Å². The lowest BCUT2D eigenvalue weighted by Gasteiger charge is -2.20. The molecule has 1 aliphatic rings. The van der Waals surface area contributed by atoms with Crippen LogP contribution in [-0.4, -0.2) is 40.5 Å². The summed E-state index contributed by atoms with van der Waals surface area (Å²) in [7, 11) is 1.62. The number of amides is 1. The molecule has 0 saturated heterocycles. The Kier molecular flexibility index (Phi) is 4.63. The number of aliphatic carboxylic acids is 1. The lowest BCUT2D eigenvalue weighted by atomic mass is 10.1. The maximum atomic E-state index is 12.2. The molecule has 0 spiro atoms. The fourth-order valence-electron chi connectivity index (χ4n) is 2.23. The first-order valence-electron chi connectivity index (χ1n) is 6.95. The van der Waals surface area contributed by atoms with Crippen LogP contribution in [-0.2, 0) is 20.9 Å². The van der Waals surface area contributed by atoms with Gasteiger partial charge in [0.2, 0.25) is 5.91 Å². The molecule has 0 aliphatic heterocycles. The topological polar surface area (TPSA) is 79.7 Å². The Morgan fingerprint density at radius 2 is 2.24 bits per heavy atom. The zero-order valence-electron chi connectivity index (χ0n) is 12.5. The van der Waals surface area contributed by atoms with E-state index < -0.39 is 11.4 Å². The van der Waals surface area contributed by atoms with Crippen molar-refractivity contribution in [2.75, 3.05) is 13.7 Å². The van der Waals surface area contributed by atoms with Gasteiger partial charge in [-0.2, -0.15) is 0 Å². The Morgan fingerprint density at radius 3 is 2.76 bits per heavy atom. The molecule has 0 aromatic carbocycles. The van der Waals surface area contributed by atoms with E-state index in [1.807, 2.05) is 19.2 Å². The molecule has 116 valence electrons. The van der Waals surface area contributed by atoms with E-state index in [0.717, 1.165) is 10.7 Å². The number of rotatable bonds is 7. The first kappa shape index (κ1) is 15.9. The van der Waals surface area contributed by atoms with Gasteiger partial charge in [0, 0.05) is 19.0 Å². The third-order valence-electron chi connectivity index (χ3n) is 3.65. The Labute approximate surface area is 127 Å². The highest BCUT2D eigenvalue weighted by Gasteiger charge is 2.58. The van der Waals surface area contributed by atoms with Crippen LogP contribution in [0.2, 0.25) is 0 Å². The molecule has 1 atom stereocenters. The number of ether oxygens (including phenoxy) is 1. The van der Waals surface area contributed by atoms with Gasteiger partial charge >= 0.3 is 5.97 Å². The van der Waals surface area contributed by atoms with E-state index in [1.165, 1.54) is 16.2 Å². The van der Waals surface area contributed by atoms with Crippen molar-refractivity contribution in [2.45, 2.75) is 39.3 Å². The average Bonchev–Trinajstić information content (AvgIpc) is 3.13. The van der Waals surface area contributed by atoms with Crippen molar-refractivity contribution in [1.82, 2.24) is 9.88 Å². The average molecular weight is 312 g/mol. The summed E-state index contributed by atoms with van der Waals surface area (Å²) in [5.74, 6) is -1.36. The van der Waals surface area contributed by atoms with Crippen LogP contribution in [0.25, 0.3) is 0 Å². The maximum absolute atomic E-state index is 12.2. The van der Waals surface area contributed by atoms with Crippen LogP contribution in [0.1, 0.15) is 43.5 Å². The number of aromatic nitrogens is 1. The minimum Gasteiger partial charge on any atom is -0.480 e. The summed E-state index contributed by atoms with van der Waals surface area (Å²) >= 11 is 1.49. The van der Waals surface area contributed by atoms with E-state index in [9.17, 15) is 9.59 Å². The Balaban J connectivity index is 1.99. The highest BCUT2D eigenvalue weighted by atomic mass is 32.1. The number of hydrogen-bond donors (Lipinski definition) is 1. The molecule has 1 unspecified atom stereocenters. The first-order valence-corrected chi connectivity index (χ1v) is 7.83. The van der Waals surface area contributed by atoms with Crippen molar-refractivity contribution in [1.29, 1.82) is 0 Å². The Hall–Kier alpha value is -1.47. The molecule has 1 aromatic heterocycles. The van der Waals surface area contributed by atoms with Crippen LogP contribution in [0.3, 0.4) is 0 Å². The minimum atomic E-state index is -1.19. The molecule has 0 bridgehead atoms. The summed E-state index contributed by atoms with van der Waals surface area (Å²) in [4.78, 5) is 29.3. The standard InChI is InChI=1S/C14H20N2O4S/c1-4-20-9(2)11-15-10(8-21-11)7-16(3)12(17)14(5-6-14)13(18)19/h8-9H,4-7H2,1-3H3,(H,18,19). The maximum Gasteiger partial charge on any atom is 0.319 e. The number of carboxylic acid groups (broad SMARTS) is 1. The molecular weight excluding hydrogens is 292 g/mol. The van der Waals surface area contributed by atoms with Crippen LogP contribution >= 0.6 is 11.3 Å². The van der Waals surface area contributed by atoms with Gasteiger partial charge in [-0.25, -0.2) is 4.98 Å².